The van der Waals surface area contributed by atoms with Crippen LogP contribution < -0.4 is 0 Å². The molecule has 0 spiro atoms. The molecular weight excluding hydrogens is 311 g/mol. The maximum absolute atomic E-state index is 3.50. The zero-order valence-corrected chi connectivity index (χ0v) is 9.20. The predicted molar refractivity (Wildman–Crippen MR) is 15.2 cm³/mol. The summed E-state index contributed by atoms with van der Waals surface area (Å²) in [4.78, 5) is 0. The van der Waals surface area contributed by atoms with Crippen LogP contribution in [-0.2, 0) is 53.8 Å². The van der Waals surface area contributed by atoms with Crippen LogP contribution in [0.3, 0.4) is 0 Å². The second-order valence-electron chi connectivity index (χ2n) is 0.447. The van der Waals surface area contributed by atoms with Crippen molar-refractivity contribution in [3.05, 3.63) is 5.32 Å². The molecular formula is C2H6NWY-. The monoisotopic (exact) mass is 317 g/mol. The first-order valence-electron chi connectivity index (χ1n) is 0.894. The standard InChI is InChI=1S/C2H6N.W.Y/c1-3-2;;/h1-2H3;;/q-1;;. The van der Waals surface area contributed by atoms with Gasteiger partial charge in [0.05, 0.1) is 0 Å². The summed E-state index contributed by atoms with van der Waals surface area (Å²) in [5.74, 6) is 0. The number of rotatable bonds is 0. The average molecular weight is 317 g/mol. The van der Waals surface area contributed by atoms with Crippen molar-refractivity contribution in [2.45, 2.75) is 0 Å². The van der Waals surface area contributed by atoms with Crippen LogP contribution in [0.15, 0.2) is 0 Å². The quantitative estimate of drug-likeness (QED) is 0.622. The number of nitrogens with zero attached hydrogens (tertiary/aromatic N) is 1. The Labute approximate surface area is 72.4 Å². The molecule has 0 saturated carbocycles. The molecule has 0 amide bonds. The van der Waals surface area contributed by atoms with E-state index in [4.69, 9.17) is 0 Å². The summed E-state index contributed by atoms with van der Waals surface area (Å²) in [5, 5.41) is 3.50. The predicted octanol–water partition coefficient (Wildman–Crippen LogP) is 0.615. The van der Waals surface area contributed by atoms with Gasteiger partial charge in [-0.05, 0) is 0 Å². The average Bonchev–Trinajstić information content (AvgIpc) is 0.918. The molecule has 5 heavy (non-hydrogen) atoms. The Morgan fingerprint density at radius 2 is 1.20 bits per heavy atom. The zero-order valence-electron chi connectivity index (χ0n) is 3.43. The third-order valence-electron chi connectivity index (χ3n) is 0. The van der Waals surface area contributed by atoms with Gasteiger partial charge in [0.2, 0.25) is 0 Å². The normalized spacial score (nSPS) is 3.60. The summed E-state index contributed by atoms with van der Waals surface area (Å²) in [6.45, 7) is 0. The van der Waals surface area contributed by atoms with Gasteiger partial charge in [0.1, 0.15) is 0 Å². The minimum Gasteiger partial charge on any atom is -0.668 e. The van der Waals surface area contributed by atoms with E-state index >= 15 is 0 Å². The van der Waals surface area contributed by atoms with Crippen LogP contribution in [-0.4, -0.2) is 14.1 Å². The molecule has 29 valence electrons. The topological polar surface area (TPSA) is 14.1 Å². The molecule has 0 saturated heterocycles. The fourth-order valence-corrected chi connectivity index (χ4v) is 0. The largest absolute Gasteiger partial charge is 0.668 e. The van der Waals surface area contributed by atoms with E-state index in [9.17, 15) is 0 Å². The molecule has 0 aliphatic rings. The van der Waals surface area contributed by atoms with Crippen LogP contribution in [0.5, 0.6) is 0 Å². The fourth-order valence-electron chi connectivity index (χ4n) is 0. The van der Waals surface area contributed by atoms with Gasteiger partial charge in [0.15, 0.2) is 0 Å². The Morgan fingerprint density at radius 1 is 1.20 bits per heavy atom. The second-order valence-corrected chi connectivity index (χ2v) is 0.447. The van der Waals surface area contributed by atoms with Crippen molar-refractivity contribution < 1.29 is 53.8 Å². The van der Waals surface area contributed by atoms with Gasteiger partial charge in [0, 0.05) is 53.8 Å². The first-order valence-corrected chi connectivity index (χ1v) is 0.894. The van der Waals surface area contributed by atoms with E-state index < -0.39 is 0 Å². The molecule has 1 radical (unpaired) electrons. The Hall–Kier alpha value is 1.75. The van der Waals surface area contributed by atoms with E-state index in [-0.39, 0.29) is 53.8 Å². The molecule has 0 rings (SSSR count). The van der Waals surface area contributed by atoms with Crippen molar-refractivity contribution >= 4 is 0 Å². The van der Waals surface area contributed by atoms with E-state index in [1.165, 1.54) is 0 Å². The molecule has 0 aromatic heterocycles. The summed E-state index contributed by atoms with van der Waals surface area (Å²) in [6.07, 6.45) is 0. The first-order chi connectivity index (χ1) is 1.41. The van der Waals surface area contributed by atoms with Gasteiger partial charge in [-0.15, -0.1) is 0 Å². The van der Waals surface area contributed by atoms with Crippen molar-refractivity contribution in [2.75, 3.05) is 14.1 Å². The number of hydrogen-bond donors (Lipinski definition) is 0. The van der Waals surface area contributed by atoms with Gasteiger partial charge in [-0.25, -0.2) is 0 Å². The molecule has 3 heteroatoms. The van der Waals surface area contributed by atoms with Gasteiger partial charge < -0.3 is 5.32 Å². The van der Waals surface area contributed by atoms with Gasteiger partial charge >= 0.3 is 0 Å². The van der Waals surface area contributed by atoms with Crippen LogP contribution in [0.4, 0.5) is 0 Å². The number of hydrogen-bond acceptors (Lipinski definition) is 0. The minimum absolute atomic E-state index is 0. The van der Waals surface area contributed by atoms with Crippen LogP contribution >= 0.6 is 0 Å². The Bertz CT molecular complexity index is 9.61. The van der Waals surface area contributed by atoms with Crippen molar-refractivity contribution in [3.63, 3.8) is 0 Å². The summed E-state index contributed by atoms with van der Waals surface area (Å²) >= 11 is 0. The molecule has 0 aromatic carbocycles. The molecule has 1 nitrogen and oxygen atoms in total. The molecule has 0 heterocycles. The summed E-state index contributed by atoms with van der Waals surface area (Å²) in [6, 6.07) is 0. The molecule has 0 aliphatic heterocycles. The van der Waals surface area contributed by atoms with E-state index in [0.29, 0.717) is 0 Å². The van der Waals surface area contributed by atoms with Crippen molar-refractivity contribution in [1.29, 1.82) is 0 Å². The summed E-state index contributed by atoms with van der Waals surface area (Å²) in [7, 11) is 3.50. The molecule has 0 aliphatic carbocycles. The molecule has 0 N–H and O–H groups in total. The van der Waals surface area contributed by atoms with E-state index in [0.717, 1.165) is 0 Å². The smallest absolute Gasteiger partial charge is 0 e. The molecule has 0 aromatic rings. The van der Waals surface area contributed by atoms with Crippen molar-refractivity contribution in [1.82, 2.24) is 0 Å². The molecule has 0 fully saturated rings. The zero-order chi connectivity index (χ0) is 2.71. The third kappa shape index (κ3) is 26.4. The van der Waals surface area contributed by atoms with Crippen LogP contribution in [0.2, 0.25) is 0 Å². The van der Waals surface area contributed by atoms with Gasteiger partial charge in [-0.1, -0.05) is 0 Å². The van der Waals surface area contributed by atoms with E-state index in [1.807, 2.05) is 0 Å². The second kappa shape index (κ2) is 17.1. The first kappa shape index (κ1) is 15.9. The SMILES string of the molecule is C[N-]C.[W].[Y]. The van der Waals surface area contributed by atoms with Crippen molar-refractivity contribution in [2.24, 2.45) is 0 Å². The van der Waals surface area contributed by atoms with Gasteiger partial charge in [-0.2, -0.15) is 14.1 Å². The maximum atomic E-state index is 3.50. The fraction of sp³-hybridized carbons (Fsp3) is 1.00. The minimum atomic E-state index is 0. The summed E-state index contributed by atoms with van der Waals surface area (Å²) < 4.78 is 0. The molecule has 0 atom stereocenters. The Balaban J connectivity index is -0.0000000200. The summed E-state index contributed by atoms with van der Waals surface area (Å²) in [5.41, 5.74) is 0. The van der Waals surface area contributed by atoms with Crippen LogP contribution in [0.1, 0.15) is 0 Å². The third-order valence-corrected chi connectivity index (χ3v) is 0. The maximum Gasteiger partial charge on any atom is 0 e. The molecule has 0 bridgehead atoms. The Morgan fingerprint density at radius 3 is 1.20 bits per heavy atom. The molecule has 0 unspecified atom stereocenters. The van der Waals surface area contributed by atoms with E-state index in [1.54, 1.807) is 14.1 Å². The van der Waals surface area contributed by atoms with Crippen molar-refractivity contribution in [3.8, 4) is 0 Å². The van der Waals surface area contributed by atoms with Gasteiger partial charge in [-0.3, -0.25) is 0 Å². The Kier molecular flexibility index (Phi) is 54.4. The van der Waals surface area contributed by atoms with Gasteiger partial charge in [0.25, 0.3) is 0 Å². The van der Waals surface area contributed by atoms with Crippen LogP contribution in [0, 0.1) is 0 Å². The van der Waals surface area contributed by atoms with E-state index in [2.05, 4.69) is 5.32 Å². The van der Waals surface area contributed by atoms with Crippen LogP contribution in [0.25, 0.3) is 5.32 Å².